The van der Waals surface area contributed by atoms with Crippen LogP contribution in [0.15, 0.2) is 133 Å². The zero-order valence-electron chi connectivity index (χ0n) is 20.1. The summed E-state index contributed by atoms with van der Waals surface area (Å²) in [7, 11) is 0. The van der Waals surface area contributed by atoms with Crippen molar-refractivity contribution in [1.29, 1.82) is 0 Å². The summed E-state index contributed by atoms with van der Waals surface area (Å²) in [6, 6.07) is 48.8. The summed E-state index contributed by atoms with van der Waals surface area (Å²) in [5.74, 6) is 0. The van der Waals surface area contributed by atoms with E-state index in [0.717, 1.165) is 0 Å². The fraction of sp³-hybridized carbons (Fsp3) is 0. The van der Waals surface area contributed by atoms with Crippen molar-refractivity contribution in [3.8, 4) is 22.3 Å². The highest BCUT2D eigenvalue weighted by Gasteiger charge is 2.19. The Morgan fingerprint density at radius 2 is 0.865 bits per heavy atom. The molecule has 1 heterocycles. The van der Waals surface area contributed by atoms with Crippen molar-refractivity contribution >= 4 is 63.8 Å². The van der Waals surface area contributed by atoms with E-state index in [1.54, 1.807) is 0 Å². The highest BCUT2D eigenvalue weighted by molar-refractivity contribution is 7.27. The van der Waals surface area contributed by atoms with E-state index in [-0.39, 0.29) is 0 Å². The SMILES string of the molecule is c1ccc(-c2c3ccccc3c(-c3cccc4c3sc3c5ccccc5ccc43)c3ccccc23)cc1. The van der Waals surface area contributed by atoms with Crippen molar-refractivity contribution < 1.29 is 0 Å². The number of thiophene rings is 1. The molecule has 0 aliphatic heterocycles. The maximum atomic E-state index is 2.32. The number of fused-ring (bicyclic) bond motifs is 7. The molecule has 0 nitrogen and oxygen atoms in total. The van der Waals surface area contributed by atoms with Crippen LogP contribution >= 0.6 is 11.3 Å². The summed E-state index contributed by atoms with van der Waals surface area (Å²) >= 11 is 1.93. The van der Waals surface area contributed by atoms with Gasteiger partial charge in [-0.2, -0.15) is 0 Å². The van der Waals surface area contributed by atoms with E-state index in [1.165, 1.54) is 74.7 Å². The maximum absolute atomic E-state index is 2.32. The monoisotopic (exact) mass is 486 g/mol. The maximum Gasteiger partial charge on any atom is 0.0434 e. The summed E-state index contributed by atoms with van der Waals surface area (Å²) in [6.45, 7) is 0. The van der Waals surface area contributed by atoms with Gasteiger partial charge in [0.05, 0.1) is 0 Å². The predicted octanol–water partition coefficient (Wildman–Crippen LogP) is 10.8. The number of hydrogen-bond acceptors (Lipinski definition) is 1. The van der Waals surface area contributed by atoms with Gasteiger partial charge in [-0.15, -0.1) is 11.3 Å². The van der Waals surface area contributed by atoms with E-state index < -0.39 is 0 Å². The summed E-state index contributed by atoms with van der Waals surface area (Å²) < 4.78 is 2.73. The first-order valence-electron chi connectivity index (χ1n) is 12.7. The average Bonchev–Trinajstić information content (AvgIpc) is 3.36. The molecule has 0 N–H and O–H groups in total. The Morgan fingerprint density at radius 1 is 0.324 bits per heavy atom. The van der Waals surface area contributed by atoms with E-state index in [0.29, 0.717) is 0 Å². The average molecular weight is 487 g/mol. The molecular weight excluding hydrogens is 464 g/mol. The topological polar surface area (TPSA) is 0 Å². The molecule has 172 valence electrons. The van der Waals surface area contributed by atoms with Gasteiger partial charge in [-0.05, 0) is 49.0 Å². The Kier molecular flexibility index (Phi) is 4.49. The van der Waals surface area contributed by atoms with E-state index in [4.69, 9.17) is 0 Å². The van der Waals surface area contributed by atoms with Gasteiger partial charge in [-0.25, -0.2) is 0 Å². The largest absolute Gasteiger partial charge is 0.134 e. The van der Waals surface area contributed by atoms with Gasteiger partial charge in [0.25, 0.3) is 0 Å². The van der Waals surface area contributed by atoms with Crippen molar-refractivity contribution in [3.63, 3.8) is 0 Å². The summed E-state index contributed by atoms with van der Waals surface area (Å²) in [5, 5.41) is 10.5. The lowest BCUT2D eigenvalue weighted by atomic mass is 9.86. The number of benzene rings is 7. The molecule has 0 fully saturated rings. The minimum atomic E-state index is 1.26. The molecule has 1 aromatic heterocycles. The quantitative estimate of drug-likeness (QED) is 0.213. The second-order valence-electron chi connectivity index (χ2n) is 9.65. The van der Waals surface area contributed by atoms with Gasteiger partial charge in [-0.1, -0.05) is 133 Å². The number of rotatable bonds is 2. The smallest absolute Gasteiger partial charge is 0.0434 e. The summed E-state index contributed by atoms with van der Waals surface area (Å²) in [6.07, 6.45) is 0. The lowest BCUT2D eigenvalue weighted by Gasteiger charge is -2.18. The Bertz CT molecular complexity index is 2070. The summed E-state index contributed by atoms with van der Waals surface area (Å²) in [4.78, 5) is 0. The van der Waals surface area contributed by atoms with Gasteiger partial charge in [0, 0.05) is 25.7 Å². The zero-order chi connectivity index (χ0) is 24.3. The lowest BCUT2D eigenvalue weighted by Crippen LogP contribution is -1.90. The van der Waals surface area contributed by atoms with Crippen LogP contribution in [0.3, 0.4) is 0 Å². The van der Waals surface area contributed by atoms with E-state index in [1.807, 2.05) is 11.3 Å². The first-order chi connectivity index (χ1) is 18.4. The molecule has 0 amide bonds. The van der Waals surface area contributed by atoms with Crippen LogP contribution in [-0.4, -0.2) is 0 Å². The highest BCUT2D eigenvalue weighted by Crippen LogP contribution is 2.48. The van der Waals surface area contributed by atoms with Crippen molar-refractivity contribution in [2.45, 2.75) is 0 Å². The molecule has 0 bridgehead atoms. The molecular formula is C36H22S. The van der Waals surface area contributed by atoms with E-state index in [2.05, 4.69) is 133 Å². The molecule has 37 heavy (non-hydrogen) atoms. The first-order valence-corrected chi connectivity index (χ1v) is 13.5. The van der Waals surface area contributed by atoms with Gasteiger partial charge in [0.2, 0.25) is 0 Å². The van der Waals surface area contributed by atoms with Crippen LogP contribution in [0.5, 0.6) is 0 Å². The fourth-order valence-electron chi connectivity index (χ4n) is 6.06. The van der Waals surface area contributed by atoms with Crippen LogP contribution in [0, 0.1) is 0 Å². The molecule has 0 saturated carbocycles. The molecule has 7 aromatic carbocycles. The molecule has 8 rings (SSSR count). The van der Waals surface area contributed by atoms with Crippen LogP contribution in [-0.2, 0) is 0 Å². The second-order valence-corrected chi connectivity index (χ2v) is 10.7. The Hall–Kier alpha value is -4.46. The Balaban J connectivity index is 1.55. The minimum absolute atomic E-state index is 1.26. The van der Waals surface area contributed by atoms with Crippen molar-refractivity contribution in [2.75, 3.05) is 0 Å². The van der Waals surface area contributed by atoms with Crippen LogP contribution in [0.1, 0.15) is 0 Å². The Labute approximate surface area is 219 Å². The fourth-order valence-corrected chi connectivity index (χ4v) is 7.41. The molecule has 0 atom stereocenters. The highest BCUT2D eigenvalue weighted by atomic mass is 32.1. The van der Waals surface area contributed by atoms with Gasteiger partial charge in [0.1, 0.15) is 0 Å². The predicted molar refractivity (Wildman–Crippen MR) is 163 cm³/mol. The van der Waals surface area contributed by atoms with Crippen LogP contribution in [0.4, 0.5) is 0 Å². The number of hydrogen-bond donors (Lipinski definition) is 0. The molecule has 0 aliphatic rings. The van der Waals surface area contributed by atoms with Gasteiger partial charge < -0.3 is 0 Å². The third kappa shape index (κ3) is 3.02. The summed E-state index contributed by atoms with van der Waals surface area (Å²) in [5.41, 5.74) is 5.21. The third-order valence-corrected chi connectivity index (χ3v) is 8.94. The van der Waals surface area contributed by atoms with Crippen molar-refractivity contribution in [2.24, 2.45) is 0 Å². The molecule has 0 unspecified atom stereocenters. The minimum Gasteiger partial charge on any atom is -0.134 e. The van der Waals surface area contributed by atoms with Gasteiger partial charge in [0.15, 0.2) is 0 Å². The first kappa shape index (κ1) is 20.7. The molecule has 0 aliphatic carbocycles. The normalized spacial score (nSPS) is 11.8. The lowest BCUT2D eigenvalue weighted by molar-refractivity contribution is 1.67. The zero-order valence-corrected chi connectivity index (χ0v) is 20.9. The molecule has 8 aromatic rings. The molecule has 0 radical (unpaired) electrons. The van der Waals surface area contributed by atoms with Gasteiger partial charge in [-0.3, -0.25) is 0 Å². The van der Waals surface area contributed by atoms with Gasteiger partial charge >= 0.3 is 0 Å². The van der Waals surface area contributed by atoms with Crippen molar-refractivity contribution in [3.05, 3.63) is 133 Å². The van der Waals surface area contributed by atoms with Crippen LogP contribution < -0.4 is 0 Å². The third-order valence-electron chi connectivity index (χ3n) is 7.65. The Morgan fingerprint density at radius 3 is 1.57 bits per heavy atom. The van der Waals surface area contributed by atoms with E-state index >= 15 is 0 Å². The van der Waals surface area contributed by atoms with E-state index in [9.17, 15) is 0 Å². The molecule has 0 saturated heterocycles. The molecule has 1 heteroatoms. The van der Waals surface area contributed by atoms with Crippen LogP contribution in [0.2, 0.25) is 0 Å². The van der Waals surface area contributed by atoms with Crippen LogP contribution in [0.25, 0.3) is 74.7 Å². The second kappa shape index (κ2) is 8.03. The molecule has 0 spiro atoms. The van der Waals surface area contributed by atoms with Crippen molar-refractivity contribution in [1.82, 2.24) is 0 Å². The standard InChI is InChI=1S/C36H22S/c1-2-12-24(13-3-1)33-26-15-6-8-17-28(26)34(29-18-9-7-16-27(29)33)32-20-10-19-30-31-22-21-23-11-4-5-14-25(23)35(31)37-36(30)32/h1-22H.